The molecule has 41 heavy (non-hydrogen) atoms. The molecule has 0 atom stereocenters. The van der Waals surface area contributed by atoms with Gasteiger partial charge in [-0.3, -0.25) is 15.6 Å². The van der Waals surface area contributed by atoms with Crippen molar-refractivity contribution >= 4 is 5.70 Å². The number of rotatable bonds is 7. The second-order valence-corrected chi connectivity index (χ2v) is 9.88. The zero-order chi connectivity index (χ0) is 30.1. The molecule has 0 spiro atoms. The number of alkyl halides is 5. The summed E-state index contributed by atoms with van der Waals surface area (Å²) in [4.78, 5) is 17.3. The Morgan fingerprint density at radius 1 is 1.12 bits per heavy atom. The van der Waals surface area contributed by atoms with Crippen molar-refractivity contribution in [1.29, 1.82) is 0 Å². The molecule has 7 nitrogen and oxygen atoms in total. The Morgan fingerprint density at radius 2 is 1.78 bits per heavy atom. The van der Waals surface area contributed by atoms with E-state index in [2.05, 4.69) is 10.1 Å². The standard InChI is InChI=1S/C27H27F7N6O/c1-13-9-16(28)10-19(29)22(13)15-6-4-14(5-7-15)17-11-20(23(35)24(38-36)25(30)31)39-40(26(17)41)12-21-18(27(32,33)34)3-2-8-37-21/h2-3,8-11,14-15,25,38H,4-7,12,35-36H2,1H3/b24-23-. The Kier molecular flexibility index (Phi) is 8.71. The minimum atomic E-state index is -4.77. The van der Waals surface area contributed by atoms with Crippen molar-refractivity contribution in [2.45, 2.75) is 63.6 Å². The van der Waals surface area contributed by atoms with Crippen molar-refractivity contribution < 1.29 is 30.7 Å². The number of aryl methyl sites for hydroxylation is 1. The van der Waals surface area contributed by atoms with Crippen LogP contribution in [0.4, 0.5) is 30.7 Å². The number of nitrogens with two attached hydrogens (primary N) is 2. The highest BCUT2D eigenvalue weighted by Crippen LogP contribution is 2.42. The molecular formula is C27H27F7N6O. The van der Waals surface area contributed by atoms with Gasteiger partial charge in [0.15, 0.2) is 0 Å². The molecule has 4 rings (SSSR count). The maximum absolute atomic E-state index is 14.6. The molecule has 1 saturated carbocycles. The first-order valence-corrected chi connectivity index (χ1v) is 12.6. The third-order valence-electron chi connectivity index (χ3n) is 7.31. The van der Waals surface area contributed by atoms with E-state index >= 15 is 0 Å². The number of allylic oxidation sites excluding steroid dienone is 1. The molecule has 1 fully saturated rings. The van der Waals surface area contributed by atoms with E-state index in [1.165, 1.54) is 12.1 Å². The fourth-order valence-corrected chi connectivity index (χ4v) is 5.38. The lowest BCUT2D eigenvalue weighted by atomic mass is 9.75. The molecule has 0 bridgehead atoms. The van der Waals surface area contributed by atoms with Gasteiger partial charge in [-0.1, -0.05) is 0 Å². The summed E-state index contributed by atoms with van der Waals surface area (Å²) >= 11 is 0. The smallest absolute Gasteiger partial charge is 0.395 e. The number of nitrogens with zero attached hydrogens (tertiary/aromatic N) is 3. The Balaban J connectivity index is 1.75. The van der Waals surface area contributed by atoms with Crippen molar-refractivity contribution in [1.82, 2.24) is 20.2 Å². The highest BCUT2D eigenvalue weighted by Gasteiger charge is 2.35. The molecule has 0 radical (unpaired) electrons. The molecule has 5 N–H and O–H groups in total. The van der Waals surface area contributed by atoms with E-state index in [1.54, 1.807) is 12.3 Å². The Labute approximate surface area is 230 Å². The highest BCUT2D eigenvalue weighted by molar-refractivity contribution is 5.63. The van der Waals surface area contributed by atoms with Gasteiger partial charge in [-0.25, -0.2) is 22.2 Å². The number of benzene rings is 1. The molecule has 2 heterocycles. The normalized spacial score (nSPS) is 18.4. The lowest BCUT2D eigenvalue weighted by Crippen LogP contribution is -2.33. The van der Waals surface area contributed by atoms with E-state index in [0.29, 0.717) is 41.5 Å². The molecule has 14 heteroatoms. The molecule has 1 aromatic carbocycles. The SMILES string of the molecule is Cc1cc(F)cc(F)c1C1CCC(c2cc(/C(N)=C(/NN)C(F)F)nn(Cc3ncccc3C(F)(F)F)c2=O)CC1. The fourth-order valence-electron chi connectivity index (χ4n) is 5.38. The first kappa shape index (κ1) is 30.0. The van der Waals surface area contributed by atoms with Crippen LogP contribution in [0.25, 0.3) is 5.70 Å². The number of aromatic nitrogens is 3. The summed E-state index contributed by atoms with van der Waals surface area (Å²) in [6.07, 6.45) is -5.23. The molecule has 1 aliphatic carbocycles. The van der Waals surface area contributed by atoms with E-state index < -0.39 is 64.9 Å². The summed E-state index contributed by atoms with van der Waals surface area (Å²) in [6, 6.07) is 5.18. The first-order chi connectivity index (χ1) is 19.3. The molecule has 0 saturated heterocycles. The molecule has 0 unspecified atom stereocenters. The van der Waals surface area contributed by atoms with E-state index in [0.717, 1.165) is 24.4 Å². The van der Waals surface area contributed by atoms with Gasteiger partial charge >= 0.3 is 6.18 Å². The maximum atomic E-state index is 14.6. The molecule has 220 valence electrons. The predicted molar refractivity (Wildman–Crippen MR) is 136 cm³/mol. The summed E-state index contributed by atoms with van der Waals surface area (Å²) < 4.78 is 96.8. The van der Waals surface area contributed by atoms with Crippen LogP contribution < -0.4 is 22.6 Å². The average Bonchev–Trinajstić information content (AvgIpc) is 2.89. The van der Waals surface area contributed by atoms with E-state index in [4.69, 9.17) is 11.6 Å². The quantitative estimate of drug-likeness (QED) is 0.203. The number of hydrogen-bond acceptors (Lipinski definition) is 6. The maximum Gasteiger partial charge on any atom is 0.418 e. The van der Waals surface area contributed by atoms with Gasteiger partial charge in [0.05, 0.1) is 23.5 Å². The molecule has 0 amide bonds. The van der Waals surface area contributed by atoms with Crippen LogP contribution >= 0.6 is 0 Å². The van der Waals surface area contributed by atoms with Gasteiger partial charge in [0, 0.05) is 17.8 Å². The van der Waals surface area contributed by atoms with Gasteiger partial charge in [-0.15, -0.1) is 0 Å². The lowest BCUT2D eigenvalue weighted by Gasteiger charge is -2.30. The van der Waals surface area contributed by atoms with Crippen LogP contribution in [0.5, 0.6) is 0 Å². The minimum absolute atomic E-state index is 0.0998. The highest BCUT2D eigenvalue weighted by atomic mass is 19.4. The van der Waals surface area contributed by atoms with Gasteiger partial charge in [-0.05, 0) is 79.8 Å². The van der Waals surface area contributed by atoms with Crippen LogP contribution in [-0.2, 0) is 12.7 Å². The summed E-state index contributed by atoms with van der Waals surface area (Å²) in [5.74, 6) is 3.13. The van der Waals surface area contributed by atoms with Crippen LogP contribution in [0.15, 0.2) is 47.0 Å². The van der Waals surface area contributed by atoms with Crippen LogP contribution in [0.3, 0.4) is 0 Å². The topological polar surface area (TPSA) is 112 Å². The van der Waals surface area contributed by atoms with Gasteiger partial charge in [-0.2, -0.15) is 18.3 Å². The number of nitrogens with one attached hydrogen (secondary N) is 1. The predicted octanol–water partition coefficient (Wildman–Crippen LogP) is 5.09. The largest absolute Gasteiger partial charge is 0.418 e. The zero-order valence-electron chi connectivity index (χ0n) is 21.8. The molecule has 3 aromatic rings. The van der Waals surface area contributed by atoms with E-state index in [9.17, 15) is 35.5 Å². The molecule has 2 aromatic heterocycles. The summed E-state index contributed by atoms with van der Waals surface area (Å²) in [7, 11) is 0. The van der Waals surface area contributed by atoms with Crippen LogP contribution in [-0.4, -0.2) is 21.2 Å². The van der Waals surface area contributed by atoms with E-state index in [-0.39, 0.29) is 17.2 Å². The number of hydrogen-bond donors (Lipinski definition) is 3. The number of halogens is 7. The van der Waals surface area contributed by atoms with E-state index in [1.807, 2.05) is 0 Å². The summed E-state index contributed by atoms with van der Waals surface area (Å²) in [5.41, 5.74) is 4.57. The van der Waals surface area contributed by atoms with Gasteiger partial charge < -0.3 is 11.2 Å². The third-order valence-corrected chi connectivity index (χ3v) is 7.31. The second kappa shape index (κ2) is 11.9. The fraction of sp³-hybridized carbons (Fsp3) is 0.370. The summed E-state index contributed by atoms with van der Waals surface area (Å²) in [5, 5.41) is 3.99. The first-order valence-electron chi connectivity index (χ1n) is 12.6. The molecular weight excluding hydrogens is 557 g/mol. The van der Waals surface area contributed by atoms with Crippen molar-refractivity contribution in [3.05, 3.63) is 97.9 Å². The average molecular weight is 585 g/mol. The van der Waals surface area contributed by atoms with Crippen molar-refractivity contribution in [3.63, 3.8) is 0 Å². The lowest BCUT2D eigenvalue weighted by molar-refractivity contribution is -0.138. The van der Waals surface area contributed by atoms with Crippen molar-refractivity contribution in [2.75, 3.05) is 0 Å². The van der Waals surface area contributed by atoms with Gasteiger partial charge in [0.25, 0.3) is 12.0 Å². The summed E-state index contributed by atoms with van der Waals surface area (Å²) in [6.45, 7) is 0.896. The minimum Gasteiger partial charge on any atom is -0.395 e. The van der Waals surface area contributed by atoms with Gasteiger partial charge in [0.1, 0.15) is 23.0 Å². The number of hydrazine groups is 1. The van der Waals surface area contributed by atoms with Crippen molar-refractivity contribution in [3.8, 4) is 0 Å². The van der Waals surface area contributed by atoms with Crippen LogP contribution in [0.2, 0.25) is 0 Å². The number of pyridine rings is 1. The van der Waals surface area contributed by atoms with Crippen LogP contribution in [0, 0.1) is 18.6 Å². The monoisotopic (exact) mass is 584 g/mol. The Hall–Kier alpha value is -3.94. The zero-order valence-corrected chi connectivity index (χ0v) is 21.8. The van der Waals surface area contributed by atoms with Crippen LogP contribution in [0.1, 0.15) is 71.2 Å². The third kappa shape index (κ3) is 6.37. The molecule has 0 aliphatic heterocycles. The Morgan fingerprint density at radius 3 is 2.37 bits per heavy atom. The second-order valence-electron chi connectivity index (χ2n) is 9.88. The molecule has 1 aliphatic rings. The van der Waals surface area contributed by atoms with Gasteiger partial charge in [0.2, 0.25) is 0 Å². The Bertz CT molecular complexity index is 1490. The van der Waals surface area contributed by atoms with Crippen molar-refractivity contribution in [2.24, 2.45) is 11.6 Å².